The van der Waals surface area contributed by atoms with Crippen LogP contribution in [0.3, 0.4) is 0 Å². The molecule has 1 saturated heterocycles. The predicted octanol–water partition coefficient (Wildman–Crippen LogP) is 1.97. The zero-order valence-electron chi connectivity index (χ0n) is 11.8. The Kier molecular flexibility index (Phi) is 5.12. The van der Waals surface area contributed by atoms with Crippen molar-refractivity contribution in [3.8, 4) is 0 Å². The number of allylic oxidation sites excluding steroid dienone is 1. The van der Waals surface area contributed by atoms with E-state index >= 15 is 0 Å². The first-order valence-corrected chi connectivity index (χ1v) is 6.94. The molecule has 1 heterocycles. The van der Waals surface area contributed by atoms with Crippen LogP contribution in [0.25, 0.3) is 0 Å². The van der Waals surface area contributed by atoms with Crippen molar-refractivity contribution in [2.45, 2.75) is 32.8 Å². The van der Waals surface area contributed by atoms with Gasteiger partial charge < -0.3 is 19.3 Å². The minimum absolute atomic E-state index is 0.0907. The third-order valence-corrected chi connectivity index (χ3v) is 3.99. The van der Waals surface area contributed by atoms with E-state index in [4.69, 9.17) is 14.2 Å². The van der Waals surface area contributed by atoms with Gasteiger partial charge in [0, 0.05) is 12.5 Å². The second-order valence-corrected chi connectivity index (χ2v) is 5.14. The van der Waals surface area contributed by atoms with Crippen molar-refractivity contribution in [1.82, 2.24) is 0 Å². The fourth-order valence-electron chi connectivity index (χ4n) is 3.05. The summed E-state index contributed by atoms with van der Waals surface area (Å²) >= 11 is 0. The summed E-state index contributed by atoms with van der Waals surface area (Å²) in [6.45, 7) is 3.60. The Hall–Kier alpha value is -0.980. The van der Waals surface area contributed by atoms with Gasteiger partial charge in [0.1, 0.15) is 6.67 Å². The lowest BCUT2D eigenvalue weighted by molar-refractivity contribution is -0.276. The van der Waals surface area contributed by atoms with Gasteiger partial charge in [-0.15, -0.1) is 0 Å². The van der Waals surface area contributed by atoms with Gasteiger partial charge in [-0.05, 0) is 31.8 Å². The van der Waals surface area contributed by atoms with Gasteiger partial charge in [-0.3, -0.25) is 4.79 Å². The van der Waals surface area contributed by atoms with Crippen LogP contribution < -0.4 is 0 Å². The standard InChI is InChI=1S/C14H21FO5/c1-3-18-8(2)20-14-12-9(6-15)4-5-10(12)11(7-19-14)13(16)17/h4,8,10-12,14H,3,5-7H2,1-2H3,(H,16,17)/t8?,10-,11-,12+,14+/m1/s1. The Morgan fingerprint density at radius 3 is 3.00 bits per heavy atom. The molecule has 0 radical (unpaired) electrons. The third kappa shape index (κ3) is 3.02. The van der Waals surface area contributed by atoms with Gasteiger partial charge in [0.05, 0.1) is 12.5 Å². The van der Waals surface area contributed by atoms with E-state index < -0.39 is 31.1 Å². The van der Waals surface area contributed by atoms with E-state index in [0.29, 0.717) is 18.6 Å². The molecule has 1 N–H and O–H groups in total. The van der Waals surface area contributed by atoms with Crippen molar-refractivity contribution < 1.29 is 28.5 Å². The minimum atomic E-state index is -0.898. The number of rotatable bonds is 6. The molecule has 2 aliphatic rings. The third-order valence-electron chi connectivity index (χ3n) is 3.99. The fraction of sp³-hybridized carbons (Fsp3) is 0.786. The van der Waals surface area contributed by atoms with Crippen LogP contribution in [0.5, 0.6) is 0 Å². The number of hydrogen-bond donors (Lipinski definition) is 1. The molecule has 1 aliphatic carbocycles. The Morgan fingerprint density at radius 2 is 2.40 bits per heavy atom. The molecule has 1 fully saturated rings. The van der Waals surface area contributed by atoms with Gasteiger partial charge in [-0.2, -0.15) is 0 Å². The highest BCUT2D eigenvalue weighted by Gasteiger charge is 2.48. The molecule has 6 heteroatoms. The molecule has 0 saturated carbocycles. The van der Waals surface area contributed by atoms with Crippen molar-refractivity contribution in [2.24, 2.45) is 17.8 Å². The maximum atomic E-state index is 13.1. The largest absolute Gasteiger partial charge is 0.481 e. The molecule has 0 aromatic rings. The molecule has 0 bridgehead atoms. The van der Waals surface area contributed by atoms with Crippen LogP contribution >= 0.6 is 0 Å². The van der Waals surface area contributed by atoms with Crippen molar-refractivity contribution >= 4 is 5.97 Å². The van der Waals surface area contributed by atoms with E-state index in [-0.39, 0.29) is 18.4 Å². The fourth-order valence-corrected chi connectivity index (χ4v) is 3.05. The van der Waals surface area contributed by atoms with Crippen LogP contribution in [0.4, 0.5) is 4.39 Å². The number of fused-ring (bicyclic) bond motifs is 1. The Labute approximate surface area is 117 Å². The zero-order valence-corrected chi connectivity index (χ0v) is 11.8. The first-order valence-electron chi connectivity index (χ1n) is 6.94. The molecule has 5 nitrogen and oxygen atoms in total. The molecule has 0 aromatic carbocycles. The van der Waals surface area contributed by atoms with Gasteiger partial charge in [0.25, 0.3) is 0 Å². The number of aliphatic carboxylic acids is 1. The van der Waals surface area contributed by atoms with E-state index in [1.165, 1.54) is 0 Å². The second-order valence-electron chi connectivity index (χ2n) is 5.14. The topological polar surface area (TPSA) is 65.0 Å². The van der Waals surface area contributed by atoms with Crippen LogP contribution in [0, 0.1) is 17.8 Å². The van der Waals surface area contributed by atoms with Gasteiger partial charge in [0.2, 0.25) is 0 Å². The number of ether oxygens (including phenoxy) is 3. The molecule has 114 valence electrons. The van der Waals surface area contributed by atoms with Gasteiger partial charge in [-0.25, -0.2) is 4.39 Å². The number of carbonyl (C=O) groups is 1. The molecule has 2 rings (SSSR count). The van der Waals surface area contributed by atoms with Crippen LogP contribution in [-0.2, 0) is 19.0 Å². The summed E-state index contributed by atoms with van der Waals surface area (Å²) in [6.07, 6.45) is 1.24. The number of alkyl halides is 1. The van der Waals surface area contributed by atoms with Gasteiger partial charge >= 0.3 is 5.97 Å². The van der Waals surface area contributed by atoms with E-state index in [1.54, 1.807) is 13.0 Å². The van der Waals surface area contributed by atoms with Crippen molar-refractivity contribution in [3.05, 3.63) is 11.6 Å². The summed E-state index contributed by atoms with van der Waals surface area (Å²) in [5.41, 5.74) is 0.578. The number of hydrogen-bond acceptors (Lipinski definition) is 4. The van der Waals surface area contributed by atoms with Crippen molar-refractivity contribution in [1.29, 1.82) is 0 Å². The molecule has 1 aliphatic heterocycles. The molecule has 1 unspecified atom stereocenters. The molecular formula is C14H21FO5. The smallest absolute Gasteiger partial charge is 0.309 e. The molecule has 5 atom stereocenters. The minimum Gasteiger partial charge on any atom is -0.481 e. The first-order chi connectivity index (χ1) is 9.58. The van der Waals surface area contributed by atoms with E-state index in [9.17, 15) is 14.3 Å². The Morgan fingerprint density at radius 1 is 1.65 bits per heavy atom. The van der Waals surface area contributed by atoms with E-state index in [2.05, 4.69) is 0 Å². The van der Waals surface area contributed by atoms with Crippen LogP contribution in [0.15, 0.2) is 11.6 Å². The summed E-state index contributed by atoms with van der Waals surface area (Å²) in [7, 11) is 0. The van der Waals surface area contributed by atoms with Crippen molar-refractivity contribution in [2.75, 3.05) is 19.9 Å². The lowest BCUT2D eigenvalue weighted by Crippen LogP contribution is -2.46. The number of halogens is 1. The zero-order chi connectivity index (χ0) is 14.7. The lowest BCUT2D eigenvalue weighted by Gasteiger charge is -2.39. The molecule has 0 amide bonds. The average molecular weight is 288 g/mol. The maximum absolute atomic E-state index is 13.1. The first kappa shape index (κ1) is 15.4. The second kappa shape index (κ2) is 6.65. The summed E-state index contributed by atoms with van der Waals surface area (Å²) in [6, 6.07) is 0. The normalized spacial score (nSPS) is 34.5. The highest BCUT2D eigenvalue weighted by Crippen LogP contribution is 2.44. The summed E-state index contributed by atoms with van der Waals surface area (Å²) in [4.78, 5) is 11.3. The summed E-state index contributed by atoms with van der Waals surface area (Å²) < 4.78 is 29.6. The Balaban J connectivity index is 2.10. The average Bonchev–Trinajstić information content (AvgIpc) is 2.83. The number of carboxylic acids is 1. The maximum Gasteiger partial charge on any atom is 0.309 e. The van der Waals surface area contributed by atoms with E-state index in [0.717, 1.165) is 0 Å². The molecule has 0 aromatic heterocycles. The predicted molar refractivity (Wildman–Crippen MR) is 68.7 cm³/mol. The van der Waals surface area contributed by atoms with Crippen LogP contribution in [0.1, 0.15) is 20.3 Å². The lowest BCUT2D eigenvalue weighted by atomic mass is 9.79. The summed E-state index contributed by atoms with van der Waals surface area (Å²) in [5.74, 6) is -2.00. The van der Waals surface area contributed by atoms with Crippen molar-refractivity contribution in [3.63, 3.8) is 0 Å². The Bertz CT molecular complexity index is 384. The monoisotopic (exact) mass is 288 g/mol. The molecule has 0 spiro atoms. The summed E-state index contributed by atoms with van der Waals surface area (Å²) in [5, 5.41) is 9.23. The number of carboxylic acid groups (broad SMARTS) is 1. The van der Waals surface area contributed by atoms with Gasteiger partial charge in [0.15, 0.2) is 12.6 Å². The highest BCUT2D eigenvalue weighted by molar-refractivity contribution is 5.71. The van der Waals surface area contributed by atoms with Crippen LogP contribution in [-0.4, -0.2) is 43.5 Å². The highest BCUT2D eigenvalue weighted by atomic mass is 19.1. The van der Waals surface area contributed by atoms with E-state index in [1.807, 2.05) is 6.92 Å². The van der Waals surface area contributed by atoms with Crippen LogP contribution in [0.2, 0.25) is 0 Å². The molecule has 20 heavy (non-hydrogen) atoms. The molecular weight excluding hydrogens is 267 g/mol. The SMILES string of the molecule is CCOC(C)O[C@@H]1OC[C@@H](C(=O)O)[C@H]2CC=C(CF)[C@H]12. The van der Waals surface area contributed by atoms with Gasteiger partial charge in [-0.1, -0.05) is 6.08 Å². The quantitative estimate of drug-likeness (QED) is 0.598.